The van der Waals surface area contributed by atoms with Gasteiger partial charge in [-0.1, -0.05) is 27.2 Å². The molecule has 18 heavy (non-hydrogen) atoms. The zero-order valence-corrected chi connectivity index (χ0v) is 12.1. The van der Waals surface area contributed by atoms with Gasteiger partial charge in [0.05, 0.1) is 0 Å². The zero-order valence-electron chi connectivity index (χ0n) is 12.1. The van der Waals surface area contributed by atoms with E-state index in [2.05, 4.69) is 31.4 Å². The SMILES string of the molecule is CC(C)CC1(CNC(=O)C(C)C2CNC2)CCC1. The van der Waals surface area contributed by atoms with Crippen molar-refractivity contribution in [1.82, 2.24) is 10.6 Å². The Kier molecular flexibility index (Phi) is 4.31. The van der Waals surface area contributed by atoms with Crippen LogP contribution in [-0.2, 0) is 4.79 Å². The molecule has 2 aliphatic rings. The number of amides is 1. The van der Waals surface area contributed by atoms with E-state index >= 15 is 0 Å². The van der Waals surface area contributed by atoms with Gasteiger partial charge < -0.3 is 10.6 Å². The van der Waals surface area contributed by atoms with E-state index in [1.54, 1.807) is 0 Å². The summed E-state index contributed by atoms with van der Waals surface area (Å²) in [6.07, 6.45) is 5.19. The van der Waals surface area contributed by atoms with E-state index in [0.717, 1.165) is 25.6 Å². The Morgan fingerprint density at radius 2 is 2.00 bits per heavy atom. The molecule has 0 spiro atoms. The van der Waals surface area contributed by atoms with E-state index in [0.29, 0.717) is 11.3 Å². The van der Waals surface area contributed by atoms with Gasteiger partial charge in [-0.15, -0.1) is 0 Å². The summed E-state index contributed by atoms with van der Waals surface area (Å²) in [7, 11) is 0. The molecule has 1 unspecified atom stereocenters. The fraction of sp³-hybridized carbons (Fsp3) is 0.933. The van der Waals surface area contributed by atoms with Crippen LogP contribution in [0.2, 0.25) is 0 Å². The molecule has 0 aromatic rings. The quantitative estimate of drug-likeness (QED) is 0.760. The van der Waals surface area contributed by atoms with Crippen LogP contribution in [0.1, 0.15) is 46.5 Å². The van der Waals surface area contributed by atoms with Crippen LogP contribution in [-0.4, -0.2) is 25.5 Å². The molecule has 2 fully saturated rings. The van der Waals surface area contributed by atoms with E-state index in [-0.39, 0.29) is 11.8 Å². The van der Waals surface area contributed by atoms with Gasteiger partial charge in [0.25, 0.3) is 0 Å². The van der Waals surface area contributed by atoms with Crippen molar-refractivity contribution in [3.63, 3.8) is 0 Å². The lowest BCUT2D eigenvalue weighted by Crippen LogP contribution is -2.51. The molecular weight excluding hydrogens is 224 g/mol. The third-order valence-electron chi connectivity index (χ3n) is 4.83. The van der Waals surface area contributed by atoms with Gasteiger partial charge in [0.15, 0.2) is 0 Å². The number of hydrogen-bond acceptors (Lipinski definition) is 2. The van der Waals surface area contributed by atoms with Crippen molar-refractivity contribution in [2.24, 2.45) is 23.2 Å². The molecule has 3 nitrogen and oxygen atoms in total. The van der Waals surface area contributed by atoms with Crippen molar-refractivity contribution in [3.8, 4) is 0 Å². The summed E-state index contributed by atoms with van der Waals surface area (Å²) in [5.41, 5.74) is 0.418. The fourth-order valence-electron chi connectivity index (χ4n) is 3.31. The standard InChI is InChI=1S/C15H28N2O/c1-11(2)7-15(5-4-6-15)10-17-14(18)12(3)13-8-16-9-13/h11-13,16H,4-10H2,1-3H3,(H,17,18). The minimum absolute atomic E-state index is 0.169. The molecule has 1 saturated carbocycles. The summed E-state index contributed by atoms with van der Waals surface area (Å²) in [4.78, 5) is 12.1. The van der Waals surface area contributed by atoms with Crippen molar-refractivity contribution in [1.29, 1.82) is 0 Å². The normalized spacial score (nSPS) is 24.2. The van der Waals surface area contributed by atoms with E-state index in [4.69, 9.17) is 0 Å². The maximum absolute atomic E-state index is 12.1. The summed E-state index contributed by atoms with van der Waals surface area (Å²) in [6, 6.07) is 0. The topological polar surface area (TPSA) is 41.1 Å². The van der Waals surface area contributed by atoms with Crippen LogP contribution < -0.4 is 10.6 Å². The van der Waals surface area contributed by atoms with Crippen molar-refractivity contribution in [2.75, 3.05) is 19.6 Å². The largest absolute Gasteiger partial charge is 0.355 e. The van der Waals surface area contributed by atoms with E-state index in [1.807, 2.05) is 0 Å². The first kappa shape index (κ1) is 13.9. The highest BCUT2D eigenvalue weighted by Crippen LogP contribution is 2.45. The molecule has 2 rings (SSSR count). The summed E-state index contributed by atoms with van der Waals surface area (Å²) < 4.78 is 0. The second-order valence-electron chi connectivity index (χ2n) is 6.88. The Hall–Kier alpha value is -0.570. The highest BCUT2D eigenvalue weighted by Gasteiger charge is 2.38. The maximum atomic E-state index is 12.1. The predicted octanol–water partition coefficient (Wildman–Crippen LogP) is 2.17. The molecule has 1 atom stereocenters. The Balaban J connectivity index is 1.77. The Bertz CT molecular complexity index is 293. The average Bonchev–Trinajstić information content (AvgIpc) is 2.18. The first-order valence-corrected chi connectivity index (χ1v) is 7.51. The molecule has 1 amide bonds. The molecule has 1 aliphatic carbocycles. The summed E-state index contributed by atoms with van der Waals surface area (Å²) in [5.74, 6) is 1.71. The smallest absolute Gasteiger partial charge is 0.223 e. The Morgan fingerprint density at radius 3 is 2.39 bits per heavy atom. The van der Waals surface area contributed by atoms with Crippen LogP contribution >= 0.6 is 0 Å². The third kappa shape index (κ3) is 3.05. The van der Waals surface area contributed by atoms with Gasteiger partial charge in [0.1, 0.15) is 0 Å². The lowest BCUT2D eigenvalue weighted by molar-refractivity contribution is -0.127. The Morgan fingerprint density at radius 1 is 1.33 bits per heavy atom. The van der Waals surface area contributed by atoms with Gasteiger partial charge in [-0.05, 0) is 49.6 Å². The van der Waals surface area contributed by atoms with Crippen LogP contribution in [0.25, 0.3) is 0 Å². The molecule has 0 radical (unpaired) electrons. The first-order valence-electron chi connectivity index (χ1n) is 7.51. The van der Waals surface area contributed by atoms with Crippen LogP contribution in [0.3, 0.4) is 0 Å². The summed E-state index contributed by atoms with van der Waals surface area (Å²) in [6.45, 7) is 9.54. The third-order valence-corrected chi connectivity index (χ3v) is 4.83. The molecule has 1 aliphatic heterocycles. The number of rotatable bonds is 6. The van der Waals surface area contributed by atoms with Crippen LogP contribution in [0.4, 0.5) is 0 Å². The number of carbonyl (C=O) groups is 1. The molecular formula is C15H28N2O. The van der Waals surface area contributed by atoms with Crippen LogP contribution in [0, 0.1) is 23.2 Å². The maximum Gasteiger partial charge on any atom is 0.223 e. The molecule has 1 heterocycles. The van der Waals surface area contributed by atoms with Crippen molar-refractivity contribution < 1.29 is 4.79 Å². The van der Waals surface area contributed by atoms with Crippen molar-refractivity contribution >= 4 is 5.91 Å². The Labute approximate surface area is 111 Å². The van der Waals surface area contributed by atoms with Crippen molar-refractivity contribution in [3.05, 3.63) is 0 Å². The second kappa shape index (κ2) is 5.60. The molecule has 1 saturated heterocycles. The van der Waals surface area contributed by atoms with Crippen LogP contribution in [0.5, 0.6) is 0 Å². The second-order valence-corrected chi connectivity index (χ2v) is 6.88. The lowest BCUT2D eigenvalue weighted by Gasteiger charge is -2.44. The van der Waals surface area contributed by atoms with Gasteiger partial charge in [0.2, 0.25) is 5.91 Å². The van der Waals surface area contributed by atoms with Gasteiger partial charge in [-0.2, -0.15) is 0 Å². The summed E-state index contributed by atoms with van der Waals surface area (Å²) in [5, 5.41) is 6.45. The minimum atomic E-state index is 0.169. The monoisotopic (exact) mass is 252 g/mol. The molecule has 104 valence electrons. The number of nitrogens with one attached hydrogen (secondary N) is 2. The highest BCUT2D eigenvalue weighted by molar-refractivity contribution is 5.78. The molecule has 0 aromatic heterocycles. The molecule has 0 aromatic carbocycles. The van der Waals surface area contributed by atoms with Gasteiger partial charge in [-0.3, -0.25) is 4.79 Å². The number of carbonyl (C=O) groups excluding carboxylic acids is 1. The van der Waals surface area contributed by atoms with Crippen LogP contribution in [0.15, 0.2) is 0 Å². The fourth-order valence-corrected chi connectivity index (χ4v) is 3.31. The van der Waals surface area contributed by atoms with E-state index < -0.39 is 0 Å². The number of hydrogen-bond donors (Lipinski definition) is 2. The molecule has 0 bridgehead atoms. The van der Waals surface area contributed by atoms with Gasteiger partial charge in [-0.25, -0.2) is 0 Å². The average molecular weight is 252 g/mol. The minimum Gasteiger partial charge on any atom is -0.355 e. The van der Waals surface area contributed by atoms with Crippen molar-refractivity contribution in [2.45, 2.75) is 46.5 Å². The molecule has 3 heteroatoms. The highest BCUT2D eigenvalue weighted by atomic mass is 16.1. The zero-order chi connectivity index (χ0) is 13.2. The van der Waals surface area contributed by atoms with E-state index in [9.17, 15) is 4.79 Å². The van der Waals surface area contributed by atoms with E-state index in [1.165, 1.54) is 25.7 Å². The molecule has 2 N–H and O–H groups in total. The van der Waals surface area contributed by atoms with Gasteiger partial charge in [0, 0.05) is 12.5 Å². The van der Waals surface area contributed by atoms with Gasteiger partial charge >= 0.3 is 0 Å². The predicted molar refractivity (Wildman–Crippen MR) is 74.3 cm³/mol. The first-order chi connectivity index (χ1) is 8.52. The summed E-state index contributed by atoms with van der Waals surface area (Å²) >= 11 is 0. The lowest BCUT2D eigenvalue weighted by atomic mass is 9.64.